The van der Waals surface area contributed by atoms with Crippen LogP contribution in [0.1, 0.15) is 40.7 Å². The molecule has 0 radical (unpaired) electrons. The molecule has 3 aromatic rings. The Morgan fingerprint density at radius 1 is 0.900 bits per heavy atom. The summed E-state index contributed by atoms with van der Waals surface area (Å²) in [6.07, 6.45) is 1.19. The van der Waals surface area contributed by atoms with Crippen LogP contribution in [0.2, 0.25) is 0 Å². The van der Waals surface area contributed by atoms with E-state index in [4.69, 9.17) is 0 Å². The lowest BCUT2D eigenvalue weighted by Gasteiger charge is -2.29. The van der Waals surface area contributed by atoms with Crippen LogP contribution in [0, 0.1) is 12.7 Å². The Bertz CT molecular complexity index is 1130. The normalized spacial score (nSPS) is 20.8. The smallest absolute Gasteiger partial charge is 0.162 e. The molecule has 2 aliphatic rings. The van der Waals surface area contributed by atoms with Gasteiger partial charge in [-0.3, -0.25) is 4.79 Å². The fourth-order valence-electron chi connectivity index (χ4n) is 4.32. The van der Waals surface area contributed by atoms with Crippen LogP contribution in [0.3, 0.4) is 0 Å². The van der Waals surface area contributed by atoms with Crippen LogP contribution < -0.4 is 5.32 Å². The van der Waals surface area contributed by atoms with Crippen LogP contribution in [0.4, 0.5) is 10.1 Å². The molecule has 0 amide bonds. The highest BCUT2D eigenvalue weighted by Crippen LogP contribution is 2.51. The predicted octanol–water partition coefficient (Wildman–Crippen LogP) is 6.79. The van der Waals surface area contributed by atoms with Crippen molar-refractivity contribution in [1.82, 2.24) is 0 Å². The minimum absolute atomic E-state index is 0.0431. The van der Waals surface area contributed by atoms with E-state index in [0.29, 0.717) is 6.42 Å². The summed E-state index contributed by atoms with van der Waals surface area (Å²) in [4.78, 5) is 14.6. The summed E-state index contributed by atoms with van der Waals surface area (Å²) in [5.74, 6) is -0.0274. The second-order valence-electron chi connectivity index (χ2n) is 8.00. The van der Waals surface area contributed by atoms with Crippen molar-refractivity contribution in [2.75, 3.05) is 5.32 Å². The minimum atomic E-state index is -0.252. The van der Waals surface area contributed by atoms with Gasteiger partial charge in [0.2, 0.25) is 0 Å². The Morgan fingerprint density at radius 2 is 1.60 bits per heavy atom. The number of Topliss-reactive ketones (excluding diaryl/α,β-unsaturated/α-hetero) is 1. The zero-order chi connectivity index (χ0) is 20.7. The van der Waals surface area contributed by atoms with Gasteiger partial charge in [0, 0.05) is 22.6 Å². The van der Waals surface area contributed by atoms with E-state index in [9.17, 15) is 9.18 Å². The Balaban J connectivity index is 1.60. The van der Waals surface area contributed by atoms with Gasteiger partial charge in [0.1, 0.15) is 5.82 Å². The molecule has 5 rings (SSSR count). The number of hydrogen-bond acceptors (Lipinski definition) is 3. The van der Waals surface area contributed by atoms with Crippen LogP contribution in [0.15, 0.2) is 89.0 Å². The van der Waals surface area contributed by atoms with Crippen molar-refractivity contribution >= 4 is 23.2 Å². The van der Waals surface area contributed by atoms with Gasteiger partial charge < -0.3 is 5.32 Å². The maximum Gasteiger partial charge on any atom is 0.162 e. The number of benzene rings is 3. The van der Waals surface area contributed by atoms with Gasteiger partial charge >= 0.3 is 0 Å². The topological polar surface area (TPSA) is 29.1 Å². The summed E-state index contributed by atoms with van der Waals surface area (Å²) in [5.41, 5.74) is 6.26. The lowest BCUT2D eigenvalue weighted by Crippen LogP contribution is -2.24. The fraction of sp³-hybridized carbons (Fsp3) is 0.192. The number of para-hydroxylation sites is 1. The van der Waals surface area contributed by atoms with Crippen LogP contribution in [0.5, 0.6) is 0 Å². The molecular weight excluding hydrogens is 393 g/mol. The van der Waals surface area contributed by atoms with Crippen molar-refractivity contribution in [1.29, 1.82) is 0 Å². The van der Waals surface area contributed by atoms with Crippen molar-refractivity contribution in [2.24, 2.45) is 0 Å². The van der Waals surface area contributed by atoms with E-state index in [1.54, 1.807) is 23.9 Å². The number of ketones is 1. The molecular formula is C26H22FNOS. The lowest BCUT2D eigenvalue weighted by molar-refractivity contribution is -0.116. The maximum atomic E-state index is 13.4. The fourth-order valence-corrected chi connectivity index (χ4v) is 5.66. The molecule has 4 heteroatoms. The molecule has 30 heavy (non-hydrogen) atoms. The van der Waals surface area contributed by atoms with Crippen molar-refractivity contribution in [3.8, 4) is 0 Å². The molecule has 1 heterocycles. The first-order valence-corrected chi connectivity index (χ1v) is 11.1. The van der Waals surface area contributed by atoms with Gasteiger partial charge in [-0.25, -0.2) is 4.39 Å². The van der Waals surface area contributed by atoms with Gasteiger partial charge in [0.25, 0.3) is 0 Å². The number of carbonyl (C=O) groups excluding carboxylic acids is 1. The number of nitrogens with one attached hydrogen (secondary N) is 1. The number of halogens is 1. The largest absolute Gasteiger partial charge is 0.358 e. The average molecular weight is 416 g/mol. The molecule has 0 aromatic heterocycles. The zero-order valence-corrected chi connectivity index (χ0v) is 17.5. The molecule has 3 aromatic carbocycles. The quantitative estimate of drug-likeness (QED) is 0.499. The second kappa shape index (κ2) is 7.77. The molecule has 0 saturated heterocycles. The molecule has 0 fully saturated rings. The Morgan fingerprint density at radius 3 is 2.37 bits per heavy atom. The molecule has 1 aliphatic carbocycles. The summed E-state index contributed by atoms with van der Waals surface area (Å²) in [6, 6.07) is 23.2. The van der Waals surface area contributed by atoms with Crippen LogP contribution in [-0.4, -0.2) is 5.78 Å². The SMILES string of the molecule is Cc1ccc([C@@H]2Sc3ccccc3NC3=C2C(=O)C[C@H](c2ccc(F)cc2)C3)cc1. The summed E-state index contributed by atoms with van der Waals surface area (Å²) in [6.45, 7) is 2.07. The number of carbonyl (C=O) groups is 1. The van der Waals surface area contributed by atoms with E-state index in [1.165, 1.54) is 17.7 Å². The van der Waals surface area contributed by atoms with Crippen LogP contribution in [0.25, 0.3) is 0 Å². The molecule has 0 saturated carbocycles. The summed E-state index contributed by atoms with van der Waals surface area (Å²) in [5, 5.41) is 3.53. The van der Waals surface area contributed by atoms with Gasteiger partial charge in [-0.2, -0.15) is 0 Å². The van der Waals surface area contributed by atoms with Gasteiger partial charge in [-0.15, -0.1) is 11.8 Å². The predicted molar refractivity (Wildman–Crippen MR) is 120 cm³/mol. The van der Waals surface area contributed by atoms with Gasteiger partial charge in [0.15, 0.2) is 5.78 Å². The van der Waals surface area contributed by atoms with E-state index in [0.717, 1.165) is 39.4 Å². The lowest BCUT2D eigenvalue weighted by atomic mass is 9.80. The zero-order valence-electron chi connectivity index (χ0n) is 16.7. The highest BCUT2D eigenvalue weighted by molar-refractivity contribution is 8.00. The Labute approximate surface area is 180 Å². The van der Waals surface area contributed by atoms with Crippen molar-refractivity contribution < 1.29 is 9.18 Å². The first-order valence-electron chi connectivity index (χ1n) is 10.2. The first-order chi connectivity index (χ1) is 14.6. The van der Waals surface area contributed by atoms with E-state index in [-0.39, 0.29) is 22.8 Å². The molecule has 2 nitrogen and oxygen atoms in total. The van der Waals surface area contributed by atoms with Crippen LogP contribution >= 0.6 is 11.8 Å². The third kappa shape index (κ3) is 3.56. The van der Waals surface area contributed by atoms with Crippen LogP contribution in [-0.2, 0) is 4.79 Å². The number of fused-ring (bicyclic) bond motifs is 1. The van der Waals surface area contributed by atoms with Crippen molar-refractivity contribution in [3.05, 3.63) is 107 Å². The molecule has 0 bridgehead atoms. The van der Waals surface area contributed by atoms with Gasteiger partial charge in [-0.1, -0.05) is 54.1 Å². The number of anilines is 1. The molecule has 1 aliphatic heterocycles. The van der Waals surface area contributed by atoms with E-state index < -0.39 is 0 Å². The standard InChI is InChI=1S/C26H22FNOS/c1-16-6-8-18(9-7-16)26-25-22(28-21-4-2-3-5-24(21)30-26)14-19(15-23(25)29)17-10-12-20(27)13-11-17/h2-13,19,26,28H,14-15H2,1H3/t19-,26+/m1/s1. The Kier molecular flexibility index (Phi) is 4.95. The van der Waals surface area contributed by atoms with Crippen molar-refractivity contribution in [3.63, 3.8) is 0 Å². The Hall–Kier alpha value is -2.85. The van der Waals surface area contributed by atoms with E-state index in [2.05, 4.69) is 48.6 Å². The number of hydrogen-bond donors (Lipinski definition) is 1. The number of aryl methyl sites for hydroxylation is 1. The monoisotopic (exact) mass is 415 g/mol. The maximum absolute atomic E-state index is 13.4. The third-order valence-corrected chi connectivity index (χ3v) is 7.26. The molecule has 0 spiro atoms. The highest BCUT2D eigenvalue weighted by Gasteiger charge is 2.36. The van der Waals surface area contributed by atoms with E-state index in [1.807, 2.05) is 12.1 Å². The summed E-state index contributed by atoms with van der Waals surface area (Å²) >= 11 is 1.73. The minimum Gasteiger partial charge on any atom is -0.358 e. The molecule has 1 N–H and O–H groups in total. The third-order valence-electron chi connectivity index (χ3n) is 5.91. The number of allylic oxidation sites excluding steroid dienone is 1. The number of rotatable bonds is 2. The second-order valence-corrected chi connectivity index (χ2v) is 9.15. The van der Waals surface area contributed by atoms with Gasteiger partial charge in [0.05, 0.1) is 10.9 Å². The summed E-state index contributed by atoms with van der Waals surface area (Å²) in [7, 11) is 0. The first kappa shape index (κ1) is 19.1. The number of thioether (sulfide) groups is 1. The summed E-state index contributed by atoms with van der Waals surface area (Å²) < 4.78 is 13.4. The molecule has 150 valence electrons. The van der Waals surface area contributed by atoms with Gasteiger partial charge in [-0.05, 0) is 54.7 Å². The molecule has 0 unspecified atom stereocenters. The van der Waals surface area contributed by atoms with E-state index >= 15 is 0 Å². The highest BCUT2D eigenvalue weighted by atomic mass is 32.2. The van der Waals surface area contributed by atoms with Crippen molar-refractivity contribution in [2.45, 2.75) is 35.8 Å². The molecule has 2 atom stereocenters. The average Bonchev–Trinajstić information content (AvgIpc) is 2.91.